The average Bonchev–Trinajstić information content (AvgIpc) is 2.72. The molecule has 18 heavy (non-hydrogen) atoms. The number of carbonyl (C=O) groups excluding carboxylic acids is 1. The van der Waals surface area contributed by atoms with E-state index in [0.29, 0.717) is 12.5 Å². The molecule has 1 rings (SSSR count). The van der Waals surface area contributed by atoms with Gasteiger partial charge in [0.2, 0.25) is 0 Å². The molecule has 2 amide bonds. The van der Waals surface area contributed by atoms with E-state index in [2.05, 4.69) is 10.6 Å². The maximum Gasteiger partial charge on any atom is 0.334 e. The van der Waals surface area contributed by atoms with Gasteiger partial charge in [0.15, 0.2) is 6.10 Å². The maximum absolute atomic E-state index is 11.4. The molecule has 104 valence electrons. The van der Waals surface area contributed by atoms with Gasteiger partial charge in [0, 0.05) is 26.2 Å². The second-order valence-corrected chi connectivity index (χ2v) is 4.28. The van der Waals surface area contributed by atoms with Crippen LogP contribution in [0.15, 0.2) is 0 Å². The summed E-state index contributed by atoms with van der Waals surface area (Å²) in [6.45, 7) is 3.16. The van der Waals surface area contributed by atoms with Crippen LogP contribution < -0.4 is 10.6 Å². The Balaban J connectivity index is 2.19. The van der Waals surface area contributed by atoms with Crippen LogP contribution >= 0.6 is 0 Å². The van der Waals surface area contributed by atoms with E-state index in [1.165, 1.54) is 7.11 Å². The molecule has 0 aromatic rings. The van der Waals surface area contributed by atoms with Gasteiger partial charge in [-0.05, 0) is 13.3 Å². The van der Waals surface area contributed by atoms with Crippen molar-refractivity contribution < 1.29 is 24.2 Å². The van der Waals surface area contributed by atoms with Crippen molar-refractivity contribution in [2.24, 2.45) is 5.92 Å². The molecule has 1 saturated heterocycles. The number of carbonyl (C=O) groups is 2. The van der Waals surface area contributed by atoms with Gasteiger partial charge >= 0.3 is 12.0 Å². The number of ether oxygens (including phenoxy) is 2. The molecule has 1 aliphatic rings. The lowest BCUT2D eigenvalue weighted by Crippen LogP contribution is -2.44. The van der Waals surface area contributed by atoms with Crippen LogP contribution in [0.4, 0.5) is 4.79 Å². The number of urea groups is 1. The predicted molar refractivity (Wildman–Crippen MR) is 63.4 cm³/mol. The monoisotopic (exact) mass is 260 g/mol. The zero-order chi connectivity index (χ0) is 13.5. The molecule has 7 nitrogen and oxygen atoms in total. The molecule has 0 radical (unpaired) electrons. The second-order valence-electron chi connectivity index (χ2n) is 4.28. The topological polar surface area (TPSA) is 96.9 Å². The van der Waals surface area contributed by atoms with E-state index in [1.54, 1.807) is 0 Å². The van der Waals surface area contributed by atoms with Crippen LogP contribution in [0.5, 0.6) is 0 Å². The number of hydrogen-bond acceptors (Lipinski definition) is 4. The van der Waals surface area contributed by atoms with Crippen molar-refractivity contribution in [2.45, 2.75) is 25.6 Å². The van der Waals surface area contributed by atoms with Crippen molar-refractivity contribution in [1.82, 2.24) is 10.6 Å². The van der Waals surface area contributed by atoms with Crippen molar-refractivity contribution in [3.63, 3.8) is 0 Å². The fourth-order valence-electron chi connectivity index (χ4n) is 1.79. The van der Waals surface area contributed by atoms with E-state index in [9.17, 15) is 9.59 Å². The van der Waals surface area contributed by atoms with Crippen molar-refractivity contribution in [3.05, 3.63) is 0 Å². The van der Waals surface area contributed by atoms with E-state index in [0.717, 1.165) is 13.0 Å². The molecule has 0 aromatic carbocycles. The minimum atomic E-state index is -1.10. The van der Waals surface area contributed by atoms with Crippen molar-refractivity contribution in [2.75, 3.05) is 26.8 Å². The summed E-state index contributed by atoms with van der Waals surface area (Å²) in [5.41, 5.74) is 0. The fraction of sp³-hybridized carbons (Fsp3) is 0.818. The summed E-state index contributed by atoms with van der Waals surface area (Å²) in [5.74, 6) is -0.788. The summed E-state index contributed by atoms with van der Waals surface area (Å²) in [4.78, 5) is 22.1. The van der Waals surface area contributed by atoms with Gasteiger partial charge in [0.05, 0.1) is 12.6 Å². The van der Waals surface area contributed by atoms with E-state index < -0.39 is 18.1 Å². The summed E-state index contributed by atoms with van der Waals surface area (Å²) in [6, 6.07) is -0.391. The van der Waals surface area contributed by atoms with Crippen molar-refractivity contribution in [1.29, 1.82) is 0 Å². The molecule has 0 aliphatic carbocycles. The Bertz CT molecular complexity index is 297. The summed E-state index contributed by atoms with van der Waals surface area (Å²) >= 11 is 0. The SMILES string of the molecule is COC(CNC(=O)NCC1CCOC1C)C(=O)O. The first-order valence-electron chi connectivity index (χ1n) is 5.93. The molecule has 3 N–H and O–H groups in total. The van der Waals surface area contributed by atoms with E-state index in [1.807, 2.05) is 6.92 Å². The van der Waals surface area contributed by atoms with Crippen LogP contribution in [0.1, 0.15) is 13.3 Å². The van der Waals surface area contributed by atoms with Crippen LogP contribution in [-0.4, -0.2) is 56.1 Å². The first kappa shape index (κ1) is 14.7. The van der Waals surface area contributed by atoms with Gasteiger partial charge in [-0.3, -0.25) is 0 Å². The van der Waals surface area contributed by atoms with Gasteiger partial charge in [0.25, 0.3) is 0 Å². The normalized spacial score (nSPS) is 24.6. The molecule has 1 fully saturated rings. The minimum Gasteiger partial charge on any atom is -0.479 e. The van der Waals surface area contributed by atoms with Crippen molar-refractivity contribution in [3.8, 4) is 0 Å². The molecule has 0 saturated carbocycles. The smallest absolute Gasteiger partial charge is 0.334 e. The molecule has 0 spiro atoms. The highest BCUT2D eigenvalue weighted by molar-refractivity contribution is 5.76. The minimum absolute atomic E-state index is 0.0611. The van der Waals surface area contributed by atoms with E-state index >= 15 is 0 Å². The number of amides is 2. The molecular formula is C11H20N2O5. The van der Waals surface area contributed by atoms with Crippen LogP contribution in [0, 0.1) is 5.92 Å². The first-order chi connectivity index (χ1) is 8.54. The molecule has 1 heterocycles. The van der Waals surface area contributed by atoms with Gasteiger partial charge in [-0.1, -0.05) is 0 Å². The predicted octanol–water partition coefficient (Wildman–Crippen LogP) is -0.190. The Labute approximate surface area is 106 Å². The number of nitrogens with one attached hydrogen (secondary N) is 2. The molecule has 3 atom stereocenters. The van der Waals surface area contributed by atoms with Crippen LogP contribution in [-0.2, 0) is 14.3 Å². The molecule has 1 aliphatic heterocycles. The Hall–Kier alpha value is -1.34. The average molecular weight is 260 g/mol. The van der Waals surface area contributed by atoms with E-state index in [4.69, 9.17) is 14.6 Å². The van der Waals surface area contributed by atoms with Crippen LogP contribution in [0.3, 0.4) is 0 Å². The molecule has 0 bridgehead atoms. The fourth-order valence-corrected chi connectivity index (χ4v) is 1.79. The third kappa shape index (κ3) is 4.50. The highest BCUT2D eigenvalue weighted by atomic mass is 16.5. The lowest BCUT2D eigenvalue weighted by atomic mass is 10.0. The second kappa shape index (κ2) is 7.17. The van der Waals surface area contributed by atoms with Gasteiger partial charge in [0.1, 0.15) is 0 Å². The number of carboxylic acids is 1. The zero-order valence-electron chi connectivity index (χ0n) is 10.6. The molecular weight excluding hydrogens is 240 g/mol. The molecule has 0 aromatic heterocycles. The number of hydrogen-bond donors (Lipinski definition) is 3. The summed E-state index contributed by atoms with van der Waals surface area (Å²) < 4.78 is 10.1. The quantitative estimate of drug-likeness (QED) is 0.615. The van der Waals surface area contributed by atoms with Crippen LogP contribution in [0.2, 0.25) is 0 Å². The number of aliphatic carboxylic acids is 1. The number of carboxylic acid groups (broad SMARTS) is 1. The standard InChI is InChI=1S/C11H20N2O5/c1-7-8(3-4-18-7)5-12-11(16)13-6-9(17-2)10(14)15/h7-9H,3-6H2,1-2H3,(H,14,15)(H2,12,13,16). The Kier molecular flexibility index (Phi) is 5.87. The lowest BCUT2D eigenvalue weighted by Gasteiger charge is -2.16. The van der Waals surface area contributed by atoms with Gasteiger partial charge < -0.3 is 25.2 Å². The molecule has 3 unspecified atom stereocenters. The Morgan fingerprint density at radius 2 is 2.22 bits per heavy atom. The van der Waals surface area contributed by atoms with Crippen LogP contribution in [0.25, 0.3) is 0 Å². The summed E-state index contributed by atoms with van der Waals surface area (Å²) in [6.07, 6.45) is 0.0533. The highest BCUT2D eigenvalue weighted by Crippen LogP contribution is 2.18. The summed E-state index contributed by atoms with van der Waals surface area (Å²) in [7, 11) is 1.29. The highest BCUT2D eigenvalue weighted by Gasteiger charge is 2.24. The number of rotatable bonds is 6. The number of methoxy groups -OCH3 is 1. The maximum atomic E-state index is 11.4. The van der Waals surface area contributed by atoms with Gasteiger partial charge in [-0.2, -0.15) is 0 Å². The molecule has 7 heteroatoms. The lowest BCUT2D eigenvalue weighted by molar-refractivity contribution is -0.147. The van der Waals surface area contributed by atoms with Gasteiger partial charge in [-0.15, -0.1) is 0 Å². The zero-order valence-corrected chi connectivity index (χ0v) is 10.6. The first-order valence-corrected chi connectivity index (χ1v) is 5.93. The third-order valence-corrected chi connectivity index (χ3v) is 3.07. The van der Waals surface area contributed by atoms with Crippen molar-refractivity contribution >= 4 is 12.0 Å². The van der Waals surface area contributed by atoms with Gasteiger partial charge in [-0.25, -0.2) is 9.59 Å². The third-order valence-electron chi connectivity index (χ3n) is 3.07. The summed E-state index contributed by atoms with van der Waals surface area (Å²) in [5, 5.41) is 13.9. The Morgan fingerprint density at radius 1 is 1.50 bits per heavy atom. The Morgan fingerprint density at radius 3 is 2.72 bits per heavy atom. The largest absolute Gasteiger partial charge is 0.479 e. The van der Waals surface area contributed by atoms with E-state index in [-0.39, 0.29) is 12.6 Å².